The van der Waals surface area contributed by atoms with Crippen LogP contribution in [0.3, 0.4) is 0 Å². The van der Waals surface area contributed by atoms with Crippen LogP contribution in [0.1, 0.15) is 63.4 Å². The Labute approximate surface area is 116 Å². The van der Waals surface area contributed by atoms with Gasteiger partial charge in [-0.3, -0.25) is 4.98 Å². The summed E-state index contributed by atoms with van der Waals surface area (Å²) in [5.41, 5.74) is 0.430. The summed E-state index contributed by atoms with van der Waals surface area (Å²) in [7, 11) is 0. The first-order valence-electron chi connectivity index (χ1n) is 7.93. The van der Waals surface area contributed by atoms with Gasteiger partial charge in [-0.05, 0) is 30.7 Å². The summed E-state index contributed by atoms with van der Waals surface area (Å²) in [4.78, 5) is 4.22. The monoisotopic (exact) mass is 259 g/mol. The van der Waals surface area contributed by atoms with Gasteiger partial charge in [0.2, 0.25) is 0 Å². The lowest BCUT2D eigenvalue weighted by atomic mass is 9.63. The van der Waals surface area contributed by atoms with Crippen molar-refractivity contribution in [1.29, 1.82) is 0 Å². The maximum atomic E-state index is 11.3. The van der Waals surface area contributed by atoms with Crippen LogP contribution in [-0.4, -0.2) is 10.1 Å². The number of hydrogen-bond donors (Lipinski definition) is 1. The fourth-order valence-electron chi connectivity index (χ4n) is 4.32. The van der Waals surface area contributed by atoms with Gasteiger partial charge in [0.1, 0.15) is 0 Å². The zero-order valence-electron chi connectivity index (χ0n) is 11.7. The molecule has 2 atom stereocenters. The summed E-state index contributed by atoms with van der Waals surface area (Å²) in [6, 6.07) is 4.02. The Bertz CT molecular complexity index is 399. The Morgan fingerprint density at radius 2 is 1.84 bits per heavy atom. The van der Waals surface area contributed by atoms with Gasteiger partial charge in [0.05, 0.1) is 5.60 Å². The Kier molecular flexibility index (Phi) is 3.88. The molecular weight excluding hydrogens is 234 g/mol. The Balaban J connectivity index is 1.87. The summed E-state index contributed by atoms with van der Waals surface area (Å²) in [5.74, 6) is 1.17. The molecule has 2 saturated carbocycles. The van der Waals surface area contributed by atoms with E-state index in [0.29, 0.717) is 5.92 Å². The molecular formula is C17H25NO. The van der Waals surface area contributed by atoms with E-state index in [0.717, 1.165) is 24.3 Å². The maximum absolute atomic E-state index is 11.3. The van der Waals surface area contributed by atoms with Crippen molar-refractivity contribution in [2.24, 2.45) is 11.8 Å². The van der Waals surface area contributed by atoms with Crippen LogP contribution in [0.25, 0.3) is 0 Å². The largest absolute Gasteiger partial charge is 0.385 e. The van der Waals surface area contributed by atoms with Gasteiger partial charge in [0.15, 0.2) is 0 Å². The highest BCUT2D eigenvalue weighted by Gasteiger charge is 2.44. The molecule has 104 valence electrons. The molecule has 2 aliphatic carbocycles. The lowest BCUT2D eigenvalue weighted by Gasteiger charge is -2.45. The normalized spacial score (nSPS) is 33.2. The quantitative estimate of drug-likeness (QED) is 0.869. The minimum Gasteiger partial charge on any atom is -0.385 e. The van der Waals surface area contributed by atoms with Crippen LogP contribution in [-0.2, 0) is 5.60 Å². The van der Waals surface area contributed by atoms with E-state index in [1.807, 2.05) is 12.3 Å². The molecule has 1 N–H and O–H groups in total. The van der Waals surface area contributed by atoms with E-state index in [4.69, 9.17) is 0 Å². The van der Waals surface area contributed by atoms with Crippen molar-refractivity contribution >= 4 is 0 Å². The fourth-order valence-corrected chi connectivity index (χ4v) is 4.32. The molecule has 2 unspecified atom stereocenters. The van der Waals surface area contributed by atoms with Gasteiger partial charge < -0.3 is 5.11 Å². The highest BCUT2D eigenvalue weighted by Crippen LogP contribution is 2.48. The molecule has 0 aromatic carbocycles. The van der Waals surface area contributed by atoms with E-state index in [1.54, 1.807) is 6.20 Å². The topological polar surface area (TPSA) is 33.1 Å². The smallest absolute Gasteiger partial charge is 0.0942 e. The van der Waals surface area contributed by atoms with Crippen molar-refractivity contribution in [2.45, 2.75) is 63.4 Å². The predicted molar refractivity (Wildman–Crippen MR) is 76.7 cm³/mol. The molecule has 0 aliphatic heterocycles. The van der Waals surface area contributed by atoms with Crippen LogP contribution in [0.5, 0.6) is 0 Å². The molecule has 2 nitrogen and oxygen atoms in total. The van der Waals surface area contributed by atoms with E-state index in [-0.39, 0.29) is 0 Å². The average molecular weight is 259 g/mol. The zero-order chi connectivity index (χ0) is 13.1. The SMILES string of the molecule is OC1(c2cccnc2)CCCCC1C1CCCCC1. The number of aliphatic hydroxyl groups is 1. The molecule has 1 aromatic heterocycles. The van der Waals surface area contributed by atoms with Crippen LogP contribution < -0.4 is 0 Å². The molecule has 0 spiro atoms. The van der Waals surface area contributed by atoms with E-state index in [2.05, 4.69) is 11.1 Å². The molecule has 1 aromatic rings. The summed E-state index contributed by atoms with van der Waals surface area (Å²) < 4.78 is 0. The van der Waals surface area contributed by atoms with Gasteiger partial charge in [0, 0.05) is 18.0 Å². The molecule has 0 radical (unpaired) electrons. The molecule has 2 heteroatoms. The lowest BCUT2D eigenvalue weighted by molar-refractivity contribution is -0.0837. The van der Waals surface area contributed by atoms with Crippen LogP contribution in [0, 0.1) is 11.8 Å². The fraction of sp³-hybridized carbons (Fsp3) is 0.706. The summed E-state index contributed by atoms with van der Waals surface area (Å²) in [6.45, 7) is 0. The molecule has 2 aliphatic rings. The Morgan fingerprint density at radius 3 is 2.58 bits per heavy atom. The summed E-state index contributed by atoms with van der Waals surface area (Å²) in [5, 5.41) is 11.3. The highest BCUT2D eigenvalue weighted by molar-refractivity contribution is 5.20. The van der Waals surface area contributed by atoms with E-state index in [1.165, 1.54) is 44.9 Å². The van der Waals surface area contributed by atoms with Gasteiger partial charge in [-0.2, -0.15) is 0 Å². The number of aromatic nitrogens is 1. The van der Waals surface area contributed by atoms with Crippen molar-refractivity contribution < 1.29 is 5.11 Å². The first-order chi connectivity index (χ1) is 9.31. The molecule has 19 heavy (non-hydrogen) atoms. The third kappa shape index (κ3) is 2.55. The summed E-state index contributed by atoms with van der Waals surface area (Å²) >= 11 is 0. The van der Waals surface area contributed by atoms with E-state index >= 15 is 0 Å². The number of hydrogen-bond acceptors (Lipinski definition) is 2. The van der Waals surface area contributed by atoms with Crippen LogP contribution in [0.4, 0.5) is 0 Å². The molecule has 0 bridgehead atoms. The predicted octanol–water partition coefficient (Wildman–Crippen LogP) is 4.04. The molecule has 0 amide bonds. The Hall–Kier alpha value is -0.890. The molecule has 3 rings (SSSR count). The zero-order valence-corrected chi connectivity index (χ0v) is 11.7. The number of nitrogens with zero attached hydrogens (tertiary/aromatic N) is 1. The number of pyridine rings is 1. The second kappa shape index (κ2) is 5.62. The Morgan fingerprint density at radius 1 is 1.05 bits per heavy atom. The van der Waals surface area contributed by atoms with Gasteiger partial charge in [-0.15, -0.1) is 0 Å². The van der Waals surface area contributed by atoms with Gasteiger partial charge in [-0.1, -0.05) is 51.0 Å². The average Bonchev–Trinajstić information content (AvgIpc) is 2.49. The van der Waals surface area contributed by atoms with E-state index < -0.39 is 5.60 Å². The minimum atomic E-state index is -0.617. The lowest BCUT2D eigenvalue weighted by Crippen LogP contribution is -2.42. The van der Waals surface area contributed by atoms with Crippen molar-refractivity contribution in [3.63, 3.8) is 0 Å². The minimum absolute atomic E-state index is 0.450. The van der Waals surface area contributed by atoms with E-state index in [9.17, 15) is 5.11 Å². The van der Waals surface area contributed by atoms with Crippen molar-refractivity contribution in [1.82, 2.24) is 4.98 Å². The summed E-state index contributed by atoms with van der Waals surface area (Å²) in [6.07, 6.45) is 14.9. The van der Waals surface area contributed by atoms with Crippen LogP contribution in [0.15, 0.2) is 24.5 Å². The molecule has 2 fully saturated rings. The third-order valence-corrected chi connectivity index (χ3v) is 5.32. The van der Waals surface area contributed by atoms with Crippen LogP contribution >= 0.6 is 0 Å². The second-order valence-corrected chi connectivity index (χ2v) is 6.42. The van der Waals surface area contributed by atoms with Crippen LogP contribution in [0.2, 0.25) is 0 Å². The maximum Gasteiger partial charge on any atom is 0.0942 e. The molecule has 1 heterocycles. The third-order valence-electron chi connectivity index (χ3n) is 5.32. The van der Waals surface area contributed by atoms with Crippen molar-refractivity contribution in [2.75, 3.05) is 0 Å². The standard InChI is InChI=1S/C17H25NO/c19-17(15-9-6-12-18-13-15)11-5-4-10-16(17)14-7-2-1-3-8-14/h6,9,12-14,16,19H,1-5,7-8,10-11H2. The molecule has 0 saturated heterocycles. The second-order valence-electron chi connectivity index (χ2n) is 6.42. The van der Waals surface area contributed by atoms with Crippen molar-refractivity contribution in [3.8, 4) is 0 Å². The van der Waals surface area contributed by atoms with Crippen molar-refractivity contribution in [3.05, 3.63) is 30.1 Å². The first kappa shape index (κ1) is 13.1. The number of rotatable bonds is 2. The van der Waals surface area contributed by atoms with Gasteiger partial charge >= 0.3 is 0 Å². The van der Waals surface area contributed by atoms with Gasteiger partial charge in [0.25, 0.3) is 0 Å². The van der Waals surface area contributed by atoms with Gasteiger partial charge in [-0.25, -0.2) is 0 Å². The first-order valence-corrected chi connectivity index (χ1v) is 7.93. The highest BCUT2D eigenvalue weighted by atomic mass is 16.3.